The van der Waals surface area contributed by atoms with Gasteiger partial charge in [-0.2, -0.15) is 11.3 Å². The topological polar surface area (TPSA) is 63.3 Å². The minimum Gasteiger partial charge on any atom is -0.475 e. The summed E-state index contributed by atoms with van der Waals surface area (Å²) >= 11 is 1.54. The number of thiophene rings is 1. The molecule has 5 heteroatoms. The highest BCUT2D eigenvalue weighted by Gasteiger charge is 2.18. The van der Waals surface area contributed by atoms with Crippen molar-refractivity contribution in [1.82, 2.24) is 4.98 Å². The molecular weight excluding hydrogens is 214 g/mol. The Morgan fingerprint density at radius 1 is 1.47 bits per heavy atom. The Labute approximate surface area is 90.2 Å². The van der Waals surface area contributed by atoms with E-state index in [9.17, 15) is 4.79 Å². The van der Waals surface area contributed by atoms with Gasteiger partial charge in [0.1, 0.15) is 0 Å². The summed E-state index contributed by atoms with van der Waals surface area (Å²) in [7, 11) is 0. The molecule has 0 bridgehead atoms. The van der Waals surface area contributed by atoms with Gasteiger partial charge in [-0.25, -0.2) is 9.78 Å². The van der Waals surface area contributed by atoms with Crippen LogP contribution in [0.25, 0.3) is 11.5 Å². The first-order chi connectivity index (χ1) is 7.09. The molecule has 0 aliphatic rings. The number of hydrogen-bond donors (Lipinski definition) is 1. The van der Waals surface area contributed by atoms with E-state index in [4.69, 9.17) is 9.52 Å². The molecule has 0 aromatic carbocycles. The van der Waals surface area contributed by atoms with Crippen LogP contribution in [0.15, 0.2) is 15.2 Å². The van der Waals surface area contributed by atoms with Crippen molar-refractivity contribution >= 4 is 17.3 Å². The third kappa shape index (κ3) is 1.66. The van der Waals surface area contributed by atoms with Gasteiger partial charge in [-0.1, -0.05) is 0 Å². The van der Waals surface area contributed by atoms with Gasteiger partial charge in [0.25, 0.3) is 0 Å². The van der Waals surface area contributed by atoms with E-state index in [1.165, 1.54) is 11.3 Å². The lowest BCUT2D eigenvalue weighted by Gasteiger charge is -1.91. The van der Waals surface area contributed by atoms with Gasteiger partial charge in [0.2, 0.25) is 11.7 Å². The molecule has 0 saturated carbocycles. The third-order valence-corrected chi connectivity index (χ3v) is 2.94. The Morgan fingerprint density at radius 3 is 2.67 bits per heavy atom. The quantitative estimate of drug-likeness (QED) is 0.850. The van der Waals surface area contributed by atoms with Gasteiger partial charge in [0, 0.05) is 5.38 Å². The van der Waals surface area contributed by atoms with Crippen LogP contribution >= 0.6 is 11.3 Å². The van der Waals surface area contributed by atoms with E-state index in [1.54, 1.807) is 6.92 Å². The summed E-state index contributed by atoms with van der Waals surface area (Å²) in [6, 6.07) is 0. The molecule has 2 aromatic rings. The molecule has 0 amide bonds. The van der Waals surface area contributed by atoms with E-state index in [0.717, 1.165) is 11.1 Å². The van der Waals surface area contributed by atoms with Crippen molar-refractivity contribution in [2.24, 2.45) is 0 Å². The number of rotatable bonds is 2. The Kier molecular flexibility index (Phi) is 2.32. The number of carbonyl (C=O) groups is 1. The van der Waals surface area contributed by atoms with Crippen molar-refractivity contribution in [1.29, 1.82) is 0 Å². The molecule has 78 valence electrons. The summed E-state index contributed by atoms with van der Waals surface area (Å²) in [6.07, 6.45) is 0. The summed E-state index contributed by atoms with van der Waals surface area (Å²) in [5.74, 6) is -0.793. The third-order valence-electron chi connectivity index (χ3n) is 2.08. The monoisotopic (exact) mass is 223 g/mol. The summed E-state index contributed by atoms with van der Waals surface area (Å²) in [5, 5.41) is 12.7. The summed E-state index contributed by atoms with van der Waals surface area (Å²) < 4.78 is 5.20. The van der Waals surface area contributed by atoms with Crippen LogP contribution in [-0.4, -0.2) is 16.1 Å². The standard InChI is InChI=1S/C10H9NO3S/c1-5-3-15-4-7(5)9-11-6(2)8(14-9)10(12)13/h3-4H,1-2H3,(H,12,13). The van der Waals surface area contributed by atoms with Crippen molar-refractivity contribution in [2.75, 3.05) is 0 Å². The first kappa shape index (κ1) is 9.92. The molecule has 4 nitrogen and oxygen atoms in total. The number of oxazole rings is 1. The van der Waals surface area contributed by atoms with Gasteiger partial charge in [0.15, 0.2) is 0 Å². The normalized spacial score (nSPS) is 10.5. The lowest BCUT2D eigenvalue weighted by atomic mass is 10.2. The average Bonchev–Trinajstić information content (AvgIpc) is 2.71. The molecule has 0 spiro atoms. The first-order valence-corrected chi connectivity index (χ1v) is 5.27. The smallest absolute Gasteiger partial charge is 0.373 e. The maximum Gasteiger partial charge on any atom is 0.373 e. The number of aromatic nitrogens is 1. The van der Waals surface area contributed by atoms with Gasteiger partial charge in [-0.3, -0.25) is 0 Å². The number of carboxylic acid groups (broad SMARTS) is 1. The van der Waals surface area contributed by atoms with E-state index in [-0.39, 0.29) is 5.76 Å². The van der Waals surface area contributed by atoms with Crippen molar-refractivity contribution < 1.29 is 14.3 Å². The molecule has 2 heterocycles. The van der Waals surface area contributed by atoms with Crippen LogP contribution in [0.4, 0.5) is 0 Å². The van der Waals surface area contributed by atoms with Gasteiger partial charge in [-0.15, -0.1) is 0 Å². The zero-order valence-electron chi connectivity index (χ0n) is 8.27. The molecule has 2 rings (SSSR count). The highest BCUT2D eigenvalue weighted by atomic mass is 32.1. The largest absolute Gasteiger partial charge is 0.475 e. The van der Waals surface area contributed by atoms with Crippen LogP contribution in [0.5, 0.6) is 0 Å². The second-order valence-corrected chi connectivity index (χ2v) is 3.95. The fourth-order valence-corrected chi connectivity index (χ4v) is 2.11. The molecule has 0 fully saturated rings. The molecule has 0 radical (unpaired) electrons. The molecule has 0 aliphatic carbocycles. The number of carboxylic acids is 1. The highest BCUT2D eigenvalue weighted by molar-refractivity contribution is 7.08. The van der Waals surface area contributed by atoms with Gasteiger partial charge in [-0.05, 0) is 24.8 Å². The Bertz CT molecular complexity index is 512. The Hall–Kier alpha value is -1.62. The molecule has 0 atom stereocenters. The van der Waals surface area contributed by atoms with Crippen LogP contribution in [0.1, 0.15) is 21.8 Å². The van der Waals surface area contributed by atoms with Crippen molar-refractivity contribution in [3.63, 3.8) is 0 Å². The molecule has 1 N–H and O–H groups in total. The van der Waals surface area contributed by atoms with Crippen LogP contribution in [0, 0.1) is 13.8 Å². The van der Waals surface area contributed by atoms with Crippen LogP contribution < -0.4 is 0 Å². The van der Waals surface area contributed by atoms with E-state index in [0.29, 0.717) is 11.6 Å². The zero-order chi connectivity index (χ0) is 11.0. The second-order valence-electron chi connectivity index (χ2n) is 3.21. The summed E-state index contributed by atoms with van der Waals surface area (Å²) in [4.78, 5) is 14.9. The minimum absolute atomic E-state index is 0.0874. The maximum atomic E-state index is 10.8. The van der Waals surface area contributed by atoms with Crippen LogP contribution in [-0.2, 0) is 0 Å². The zero-order valence-corrected chi connectivity index (χ0v) is 9.09. The highest BCUT2D eigenvalue weighted by Crippen LogP contribution is 2.27. The van der Waals surface area contributed by atoms with Crippen molar-refractivity contribution in [3.05, 3.63) is 27.8 Å². The predicted molar refractivity (Wildman–Crippen MR) is 56.2 cm³/mol. The van der Waals surface area contributed by atoms with E-state index < -0.39 is 5.97 Å². The Morgan fingerprint density at radius 2 is 2.20 bits per heavy atom. The maximum absolute atomic E-state index is 10.8. The van der Waals surface area contributed by atoms with Crippen molar-refractivity contribution in [3.8, 4) is 11.5 Å². The summed E-state index contributed by atoms with van der Waals surface area (Å²) in [6.45, 7) is 3.56. The number of nitrogens with zero attached hydrogens (tertiary/aromatic N) is 1. The molecular formula is C10H9NO3S. The molecule has 0 unspecified atom stereocenters. The molecule has 0 saturated heterocycles. The van der Waals surface area contributed by atoms with Crippen LogP contribution in [0.2, 0.25) is 0 Å². The molecule has 15 heavy (non-hydrogen) atoms. The second kappa shape index (κ2) is 3.51. The fourth-order valence-electron chi connectivity index (χ4n) is 1.29. The van der Waals surface area contributed by atoms with E-state index in [1.807, 2.05) is 17.7 Å². The average molecular weight is 223 g/mol. The van der Waals surface area contributed by atoms with Gasteiger partial charge < -0.3 is 9.52 Å². The van der Waals surface area contributed by atoms with Gasteiger partial charge >= 0.3 is 5.97 Å². The lowest BCUT2D eigenvalue weighted by Crippen LogP contribution is -1.95. The van der Waals surface area contributed by atoms with Gasteiger partial charge in [0.05, 0.1) is 11.3 Å². The first-order valence-electron chi connectivity index (χ1n) is 4.33. The Balaban J connectivity index is 2.52. The molecule has 0 aliphatic heterocycles. The SMILES string of the molecule is Cc1cscc1-c1nc(C)c(C(=O)O)o1. The van der Waals surface area contributed by atoms with Crippen LogP contribution in [0.3, 0.4) is 0 Å². The summed E-state index contributed by atoms with van der Waals surface area (Å²) in [5.41, 5.74) is 2.30. The van der Waals surface area contributed by atoms with E-state index in [2.05, 4.69) is 4.98 Å². The lowest BCUT2D eigenvalue weighted by molar-refractivity contribution is 0.0662. The molecule has 2 aromatic heterocycles. The number of hydrogen-bond acceptors (Lipinski definition) is 4. The number of aromatic carboxylic acids is 1. The van der Waals surface area contributed by atoms with Crippen molar-refractivity contribution in [2.45, 2.75) is 13.8 Å². The van der Waals surface area contributed by atoms with E-state index >= 15 is 0 Å². The number of aryl methyl sites for hydroxylation is 2. The fraction of sp³-hybridized carbons (Fsp3) is 0.200. The predicted octanol–water partition coefficient (Wildman–Crippen LogP) is 2.72. The minimum atomic E-state index is -1.08.